The number of sulfone groups is 1. The zero-order valence-electron chi connectivity index (χ0n) is 14.2. The van der Waals surface area contributed by atoms with Crippen LogP contribution in [0.5, 0.6) is 0 Å². The summed E-state index contributed by atoms with van der Waals surface area (Å²) in [6, 6.07) is 8.64. The molecule has 2 fully saturated rings. The fourth-order valence-electron chi connectivity index (χ4n) is 3.63. The number of nitrogens with one attached hydrogen (secondary N) is 2. The molecule has 2 N–H and O–H groups in total. The van der Waals surface area contributed by atoms with Crippen LogP contribution in [0.2, 0.25) is 0 Å². The second-order valence-corrected chi connectivity index (χ2v) is 8.93. The maximum atomic E-state index is 13.3. The van der Waals surface area contributed by atoms with Crippen LogP contribution in [-0.2, 0) is 19.4 Å². The number of carbonyl (C=O) groups is 2. The van der Waals surface area contributed by atoms with E-state index in [4.69, 9.17) is 0 Å². The molecule has 3 rings (SSSR count). The Labute approximate surface area is 147 Å². The summed E-state index contributed by atoms with van der Waals surface area (Å²) in [7, 11) is -3.72. The van der Waals surface area contributed by atoms with Crippen LogP contribution in [0.1, 0.15) is 25.7 Å². The van der Waals surface area contributed by atoms with Gasteiger partial charge in [-0.15, -0.1) is 0 Å². The van der Waals surface area contributed by atoms with Crippen molar-refractivity contribution in [2.45, 2.75) is 36.6 Å². The van der Waals surface area contributed by atoms with Crippen molar-refractivity contribution in [3.63, 3.8) is 0 Å². The second-order valence-electron chi connectivity index (χ2n) is 6.69. The van der Waals surface area contributed by atoms with Gasteiger partial charge in [-0.05, 0) is 31.4 Å². The van der Waals surface area contributed by atoms with Crippen LogP contribution in [0, 0.1) is 0 Å². The molecule has 1 aromatic carbocycles. The number of piperidine rings is 2. The molecule has 2 atom stereocenters. The molecule has 25 heavy (non-hydrogen) atoms. The van der Waals surface area contributed by atoms with Crippen molar-refractivity contribution in [2.24, 2.45) is 0 Å². The van der Waals surface area contributed by atoms with Gasteiger partial charge < -0.3 is 15.5 Å². The van der Waals surface area contributed by atoms with Gasteiger partial charge in [0.1, 0.15) is 0 Å². The average molecular weight is 365 g/mol. The number of para-hydroxylation sites is 1. The van der Waals surface area contributed by atoms with Gasteiger partial charge in [-0.3, -0.25) is 9.59 Å². The molecular formula is C17H23N3O4S. The molecule has 2 heterocycles. The highest BCUT2D eigenvalue weighted by Gasteiger charge is 2.53. The Morgan fingerprint density at radius 2 is 1.96 bits per heavy atom. The Hall–Kier alpha value is -2.09. The van der Waals surface area contributed by atoms with Gasteiger partial charge in [0.2, 0.25) is 10.8 Å². The SMILES string of the molecule is CS(=O)(=O)C1(Nc2ccccc2)CCCN(C2CCNC(=O)C2)C1=O. The van der Waals surface area contributed by atoms with Crippen molar-refractivity contribution in [1.29, 1.82) is 0 Å². The fourth-order valence-corrected chi connectivity index (χ4v) is 4.88. The number of likely N-dealkylation sites (tertiary alicyclic amines) is 1. The van der Waals surface area contributed by atoms with Crippen molar-refractivity contribution in [3.05, 3.63) is 30.3 Å². The minimum Gasteiger partial charge on any atom is -0.359 e. The standard InChI is InChI=1S/C17H23N3O4S/c1-25(23,24)17(19-13-6-3-2-4-7-13)9-5-11-20(16(17)22)14-8-10-18-15(21)12-14/h2-4,6-7,14,19H,5,8-12H2,1H3,(H,18,21). The first-order valence-electron chi connectivity index (χ1n) is 8.44. The number of hydrogen-bond donors (Lipinski definition) is 2. The van der Waals surface area contributed by atoms with Crippen LogP contribution in [-0.4, -0.2) is 55.4 Å². The summed E-state index contributed by atoms with van der Waals surface area (Å²) in [4.78, 5) is 24.8. The summed E-state index contributed by atoms with van der Waals surface area (Å²) >= 11 is 0. The maximum absolute atomic E-state index is 13.3. The van der Waals surface area contributed by atoms with Crippen molar-refractivity contribution < 1.29 is 18.0 Å². The third-order valence-corrected chi connectivity index (χ3v) is 6.70. The highest BCUT2D eigenvalue weighted by molar-refractivity contribution is 7.93. The van der Waals surface area contributed by atoms with Crippen LogP contribution in [0.25, 0.3) is 0 Å². The van der Waals surface area contributed by atoms with Gasteiger partial charge in [-0.25, -0.2) is 8.42 Å². The van der Waals surface area contributed by atoms with Crippen molar-refractivity contribution >= 4 is 27.3 Å². The minimum atomic E-state index is -3.72. The lowest BCUT2D eigenvalue weighted by Crippen LogP contribution is -2.64. The van der Waals surface area contributed by atoms with Crippen LogP contribution < -0.4 is 10.6 Å². The van der Waals surface area contributed by atoms with E-state index in [9.17, 15) is 18.0 Å². The molecule has 136 valence electrons. The quantitative estimate of drug-likeness (QED) is 0.821. The molecule has 7 nitrogen and oxygen atoms in total. The molecule has 1 aromatic rings. The van der Waals surface area contributed by atoms with Crippen LogP contribution >= 0.6 is 0 Å². The molecule has 0 radical (unpaired) electrons. The first kappa shape index (κ1) is 17.7. The number of benzene rings is 1. The molecule has 0 spiro atoms. The highest BCUT2D eigenvalue weighted by Crippen LogP contribution is 2.34. The Balaban J connectivity index is 1.94. The lowest BCUT2D eigenvalue weighted by Gasteiger charge is -2.45. The Morgan fingerprint density at radius 3 is 2.60 bits per heavy atom. The zero-order valence-corrected chi connectivity index (χ0v) is 15.0. The molecule has 0 aliphatic carbocycles. The van der Waals surface area contributed by atoms with E-state index in [0.29, 0.717) is 31.6 Å². The lowest BCUT2D eigenvalue weighted by molar-refractivity contribution is -0.140. The van der Waals surface area contributed by atoms with Crippen LogP contribution in [0.4, 0.5) is 5.69 Å². The Bertz CT molecular complexity index is 765. The molecule has 2 saturated heterocycles. The average Bonchev–Trinajstić information content (AvgIpc) is 2.57. The van der Waals surface area contributed by atoms with Crippen LogP contribution in [0.15, 0.2) is 30.3 Å². The van der Waals surface area contributed by atoms with Crippen LogP contribution in [0.3, 0.4) is 0 Å². The molecule has 0 saturated carbocycles. The Morgan fingerprint density at radius 1 is 1.24 bits per heavy atom. The predicted molar refractivity (Wildman–Crippen MR) is 94.6 cm³/mol. The van der Waals surface area contributed by atoms with E-state index in [-0.39, 0.29) is 24.8 Å². The number of nitrogens with zero attached hydrogens (tertiary/aromatic N) is 1. The minimum absolute atomic E-state index is 0.101. The van der Waals surface area contributed by atoms with E-state index in [1.807, 2.05) is 6.07 Å². The smallest absolute Gasteiger partial charge is 0.264 e. The summed E-state index contributed by atoms with van der Waals surface area (Å²) in [5.41, 5.74) is 0.588. The van der Waals surface area contributed by atoms with Gasteiger partial charge in [0.15, 0.2) is 9.84 Å². The van der Waals surface area contributed by atoms with E-state index < -0.39 is 20.6 Å². The topological polar surface area (TPSA) is 95.6 Å². The van der Waals surface area contributed by atoms with E-state index in [0.717, 1.165) is 6.26 Å². The molecule has 0 aromatic heterocycles. The molecule has 2 aliphatic heterocycles. The normalized spacial score (nSPS) is 27.7. The zero-order chi connectivity index (χ0) is 18.1. The second kappa shape index (κ2) is 6.67. The third-order valence-electron chi connectivity index (χ3n) is 4.95. The van der Waals surface area contributed by atoms with E-state index in [2.05, 4.69) is 10.6 Å². The van der Waals surface area contributed by atoms with E-state index in [1.165, 1.54) is 0 Å². The summed E-state index contributed by atoms with van der Waals surface area (Å²) < 4.78 is 25.3. The largest absolute Gasteiger partial charge is 0.359 e. The fraction of sp³-hybridized carbons (Fsp3) is 0.529. The summed E-state index contributed by atoms with van der Waals surface area (Å²) in [6.07, 6.45) is 2.74. The first-order valence-corrected chi connectivity index (χ1v) is 10.3. The molecule has 2 amide bonds. The van der Waals surface area contributed by atoms with Gasteiger partial charge in [0, 0.05) is 37.5 Å². The van der Waals surface area contributed by atoms with Crippen molar-refractivity contribution in [3.8, 4) is 0 Å². The van der Waals surface area contributed by atoms with Gasteiger partial charge >= 0.3 is 0 Å². The van der Waals surface area contributed by atoms with Gasteiger partial charge in [-0.1, -0.05) is 18.2 Å². The summed E-state index contributed by atoms with van der Waals surface area (Å²) in [5, 5.41) is 5.73. The van der Waals surface area contributed by atoms with Gasteiger partial charge in [0.25, 0.3) is 5.91 Å². The predicted octanol–water partition coefficient (Wildman–Crippen LogP) is 0.740. The number of rotatable bonds is 4. The molecule has 8 heteroatoms. The molecule has 0 bridgehead atoms. The van der Waals surface area contributed by atoms with E-state index in [1.54, 1.807) is 29.2 Å². The van der Waals surface area contributed by atoms with Crippen molar-refractivity contribution in [1.82, 2.24) is 10.2 Å². The lowest BCUT2D eigenvalue weighted by atomic mass is 9.97. The third kappa shape index (κ3) is 3.35. The maximum Gasteiger partial charge on any atom is 0.264 e. The van der Waals surface area contributed by atoms with Crippen molar-refractivity contribution in [2.75, 3.05) is 24.7 Å². The molecular weight excluding hydrogens is 342 g/mol. The van der Waals surface area contributed by atoms with Gasteiger partial charge in [-0.2, -0.15) is 0 Å². The highest BCUT2D eigenvalue weighted by atomic mass is 32.2. The van der Waals surface area contributed by atoms with Gasteiger partial charge in [0.05, 0.1) is 0 Å². The number of carbonyl (C=O) groups excluding carboxylic acids is 2. The summed E-state index contributed by atoms with van der Waals surface area (Å²) in [5.74, 6) is -0.555. The monoisotopic (exact) mass is 365 g/mol. The first-order chi connectivity index (χ1) is 11.8. The molecule has 2 unspecified atom stereocenters. The molecule has 2 aliphatic rings. The number of amides is 2. The number of hydrogen-bond acceptors (Lipinski definition) is 5. The Kier molecular flexibility index (Phi) is 4.73. The number of anilines is 1. The summed E-state index contributed by atoms with van der Waals surface area (Å²) in [6.45, 7) is 0.982. The van der Waals surface area contributed by atoms with E-state index >= 15 is 0 Å².